The van der Waals surface area contributed by atoms with Crippen molar-refractivity contribution in [3.05, 3.63) is 29.8 Å². The second kappa shape index (κ2) is 7.64. The van der Waals surface area contributed by atoms with E-state index in [0.29, 0.717) is 11.3 Å². The van der Waals surface area contributed by atoms with Gasteiger partial charge in [0.2, 0.25) is 5.91 Å². The smallest absolute Gasteiger partial charge is 0.229 e. The van der Waals surface area contributed by atoms with E-state index in [2.05, 4.69) is 5.32 Å². The maximum atomic E-state index is 12.5. The third-order valence-electron chi connectivity index (χ3n) is 4.19. The van der Waals surface area contributed by atoms with Crippen molar-refractivity contribution < 1.29 is 13.2 Å². The van der Waals surface area contributed by atoms with Crippen LogP contribution < -0.4 is 11.1 Å². The third-order valence-corrected chi connectivity index (χ3v) is 5.05. The molecule has 0 aromatic heterocycles. The van der Waals surface area contributed by atoms with Gasteiger partial charge in [0.15, 0.2) is 9.84 Å². The Bertz CT molecular complexity index is 659. The van der Waals surface area contributed by atoms with Gasteiger partial charge in [-0.3, -0.25) is 4.79 Å². The first-order valence-corrected chi connectivity index (χ1v) is 9.60. The first-order chi connectivity index (χ1) is 10.2. The van der Waals surface area contributed by atoms with Gasteiger partial charge in [-0.25, -0.2) is 8.42 Å². The second-order valence-electron chi connectivity index (χ2n) is 6.56. The van der Waals surface area contributed by atoms with E-state index in [-0.39, 0.29) is 30.0 Å². The molecule has 1 aromatic carbocycles. The van der Waals surface area contributed by atoms with Crippen LogP contribution in [0.5, 0.6) is 0 Å². The molecule has 3 N–H and O–H groups in total. The highest BCUT2D eigenvalue weighted by molar-refractivity contribution is 7.89. The molecule has 7 heteroatoms. The molecule has 130 valence electrons. The number of amides is 1. The van der Waals surface area contributed by atoms with Crippen LogP contribution >= 0.6 is 12.4 Å². The Hall–Kier alpha value is -1.11. The van der Waals surface area contributed by atoms with Gasteiger partial charge in [-0.15, -0.1) is 12.4 Å². The van der Waals surface area contributed by atoms with E-state index < -0.39 is 15.4 Å². The molecular formula is C16H25ClN2O3S. The zero-order valence-electron chi connectivity index (χ0n) is 13.5. The minimum Gasteiger partial charge on any atom is -0.326 e. The van der Waals surface area contributed by atoms with E-state index in [4.69, 9.17) is 5.73 Å². The molecule has 0 bridgehead atoms. The number of carbonyl (C=O) groups excluding carboxylic acids is 1. The number of hydrogen-bond acceptors (Lipinski definition) is 4. The largest absolute Gasteiger partial charge is 0.326 e. The lowest BCUT2D eigenvalue weighted by Gasteiger charge is -2.37. The molecule has 1 amide bonds. The summed E-state index contributed by atoms with van der Waals surface area (Å²) in [6.07, 6.45) is 4.90. The lowest BCUT2D eigenvalue weighted by molar-refractivity contribution is -0.122. The maximum absolute atomic E-state index is 12.5. The summed E-state index contributed by atoms with van der Waals surface area (Å²) >= 11 is 0. The quantitative estimate of drug-likeness (QED) is 0.863. The number of nitrogens with one attached hydrogen (secondary N) is 1. The Morgan fingerprint density at radius 2 is 2.09 bits per heavy atom. The van der Waals surface area contributed by atoms with Gasteiger partial charge in [0.1, 0.15) is 0 Å². The number of rotatable bonds is 4. The molecule has 0 radical (unpaired) electrons. The summed E-state index contributed by atoms with van der Waals surface area (Å²) in [5, 5.41) is 2.88. The molecule has 5 nitrogen and oxygen atoms in total. The highest BCUT2D eigenvalue weighted by atomic mass is 35.5. The van der Waals surface area contributed by atoms with Crippen LogP contribution in [0.2, 0.25) is 0 Å². The number of hydrogen-bond donors (Lipinski definition) is 2. The fourth-order valence-electron chi connectivity index (χ4n) is 3.06. The van der Waals surface area contributed by atoms with Crippen molar-refractivity contribution in [3.8, 4) is 0 Å². The zero-order chi connectivity index (χ0) is 16.4. The average Bonchev–Trinajstić information content (AvgIpc) is 2.36. The summed E-state index contributed by atoms with van der Waals surface area (Å²) in [5.41, 5.74) is 7.05. The van der Waals surface area contributed by atoms with Crippen molar-refractivity contribution in [2.24, 2.45) is 11.7 Å². The Morgan fingerprint density at radius 3 is 2.70 bits per heavy atom. The summed E-state index contributed by atoms with van der Waals surface area (Å²) in [4.78, 5) is 12.5. The van der Waals surface area contributed by atoms with Crippen LogP contribution in [-0.2, 0) is 20.4 Å². The lowest BCUT2D eigenvalue weighted by atomic mass is 9.74. The van der Waals surface area contributed by atoms with E-state index in [1.807, 2.05) is 6.92 Å². The predicted octanol–water partition coefficient (Wildman–Crippen LogP) is 2.50. The van der Waals surface area contributed by atoms with Crippen molar-refractivity contribution in [1.29, 1.82) is 0 Å². The van der Waals surface area contributed by atoms with E-state index in [9.17, 15) is 13.2 Å². The van der Waals surface area contributed by atoms with Crippen molar-refractivity contribution >= 4 is 33.8 Å². The van der Waals surface area contributed by atoms with E-state index in [0.717, 1.165) is 25.7 Å². The predicted molar refractivity (Wildman–Crippen MR) is 95.4 cm³/mol. The molecule has 2 unspecified atom stereocenters. The minimum atomic E-state index is -3.09. The maximum Gasteiger partial charge on any atom is 0.229 e. The monoisotopic (exact) mass is 360 g/mol. The van der Waals surface area contributed by atoms with Crippen LogP contribution in [-0.4, -0.2) is 26.1 Å². The molecule has 2 rings (SSSR count). The molecule has 1 saturated carbocycles. The molecular weight excluding hydrogens is 336 g/mol. The number of halogens is 1. The Morgan fingerprint density at radius 1 is 1.39 bits per heavy atom. The third kappa shape index (κ3) is 5.79. The minimum absolute atomic E-state index is 0. The molecule has 0 aliphatic heterocycles. The van der Waals surface area contributed by atoms with Gasteiger partial charge >= 0.3 is 0 Å². The normalized spacial score (nSPS) is 24.6. The molecule has 0 saturated heterocycles. The van der Waals surface area contributed by atoms with Gasteiger partial charge in [0, 0.05) is 17.5 Å². The summed E-state index contributed by atoms with van der Waals surface area (Å²) in [5.74, 6) is -0.324. The van der Waals surface area contributed by atoms with E-state index >= 15 is 0 Å². The van der Waals surface area contributed by atoms with Crippen molar-refractivity contribution in [3.63, 3.8) is 0 Å². The molecule has 23 heavy (non-hydrogen) atoms. The van der Waals surface area contributed by atoms with Crippen molar-refractivity contribution in [1.82, 2.24) is 0 Å². The topological polar surface area (TPSA) is 89.3 Å². The van der Waals surface area contributed by atoms with Gasteiger partial charge in [-0.05, 0) is 37.5 Å². The van der Waals surface area contributed by atoms with Crippen LogP contribution in [0.25, 0.3) is 0 Å². The summed E-state index contributed by atoms with van der Waals surface area (Å²) in [6.45, 7) is 1.93. The van der Waals surface area contributed by atoms with Gasteiger partial charge in [0.05, 0.1) is 11.7 Å². The summed E-state index contributed by atoms with van der Waals surface area (Å²) in [7, 11) is -3.09. The van der Waals surface area contributed by atoms with Gasteiger partial charge in [0.25, 0.3) is 0 Å². The fraction of sp³-hybridized carbons (Fsp3) is 0.562. The molecule has 1 aromatic rings. The van der Waals surface area contributed by atoms with Crippen LogP contribution in [0.3, 0.4) is 0 Å². The lowest BCUT2D eigenvalue weighted by Crippen LogP contribution is -2.51. The van der Waals surface area contributed by atoms with Crippen LogP contribution in [0, 0.1) is 5.92 Å². The molecule has 1 fully saturated rings. The van der Waals surface area contributed by atoms with Gasteiger partial charge < -0.3 is 11.1 Å². The van der Waals surface area contributed by atoms with Crippen LogP contribution in [0.4, 0.5) is 5.69 Å². The van der Waals surface area contributed by atoms with Crippen LogP contribution in [0.15, 0.2) is 24.3 Å². The van der Waals surface area contributed by atoms with Gasteiger partial charge in [-0.1, -0.05) is 25.0 Å². The highest BCUT2D eigenvalue weighted by Crippen LogP contribution is 2.32. The fourth-order valence-corrected chi connectivity index (χ4v) is 3.84. The first kappa shape index (κ1) is 19.9. The molecule has 0 spiro atoms. The Labute approximate surface area is 144 Å². The standard InChI is InChI=1S/C16H24N2O3S.ClH/c1-16(17)9-4-3-8-14(16)15(19)18-13-7-5-6-12(10-13)11-22(2,20)21;/h5-7,10,14H,3-4,8-9,11,17H2,1-2H3,(H,18,19);1H. The Balaban J connectivity index is 0.00000264. The van der Waals surface area contributed by atoms with Gasteiger partial charge in [-0.2, -0.15) is 0 Å². The number of carbonyl (C=O) groups is 1. The number of benzene rings is 1. The molecule has 0 heterocycles. The number of nitrogens with two attached hydrogens (primary N) is 1. The summed E-state index contributed by atoms with van der Waals surface area (Å²) in [6, 6.07) is 6.96. The molecule has 1 aliphatic rings. The van der Waals surface area contributed by atoms with Crippen molar-refractivity contribution in [2.75, 3.05) is 11.6 Å². The highest BCUT2D eigenvalue weighted by Gasteiger charge is 2.37. The first-order valence-electron chi connectivity index (χ1n) is 7.54. The van der Waals surface area contributed by atoms with E-state index in [1.54, 1.807) is 24.3 Å². The van der Waals surface area contributed by atoms with Crippen molar-refractivity contribution in [2.45, 2.75) is 43.9 Å². The SMILES string of the molecule is CC1(N)CCCCC1C(=O)Nc1cccc(CS(C)(=O)=O)c1.Cl. The molecule has 2 atom stereocenters. The molecule has 1 aliphatic carbocycles. The summed E-state index contributed by atoms with van der Waals surface area (Å²) < 4.78 is 22.7. The Kier molecular flexibility index (Phi) is 6.62. The van der Waals surface area contributed by atoms with Crippen LogP contribution in [0.1, 0.15) is 38.2 Å². The zero-order valence-corrected chi connectivity index (χ0v) is 15.2. The number of sulfone groups is 1. The second-order valence-corrected chi connectivity index (χ2v) is 8.70. The van der Waals surface area contributed by atoms with E-state index in [1.165, 1.54) is 6.26 Å². The average molecular weight is 361 g/mol. The number of anilines is 1.